The Hall–Kier alpha value is -0.790. The van der Waals surface area contributed by atoms with E-state index in [-0.39, 0.29) is 0 Å². The molecule has 1 heterocycles. The molecule has 1 aliphatic heterocycles. The fourth-order valence-electron chi connectivity index (χ4n) is 0.463. The highest BCUT2D eigenvalue weighted by Crippen LogP contribution is 1.86. The summed E-state index contributed by atoms with van der Waals surface area (Å²) < 4.78 is 0. The van der Waals surface area contributed by atoms with Gasteiger partial charge in [0, 0.05) is 6.21 Å². The molecule has 2 heteroatoms. The van der Waals surface area contributed by atoms with Gasteiger partial charge in [0.15, 0.2) is 0 Å². The zero-order valence-electron chi connectivity index (χ0n) is 4.26. The van der Waals surface area contributed by atoms with Gasteiger partial charge >= 0.3 is 0 Å². The topological polar surface area (TPSA) is 24.4 Å². The standard InChI is InChI=1S/C5H8N2/c1-5-3-2-4-6-7-5/h2-5,7H,1H3. The van der Waals surface area contributed by atoms with Crippen LogP contribution in [0.25, 0.3) is 0 Å². The lowest BCUT2D eigenvalue weighted by molar-refractivity contribution is 0.668. The van der Waals surface area contributed by atoms with Crippen LogP contribution >= 0.6 is 0 Å². The summed E-state index contributed by atoms with van der Waals surface area (Å²) in [5.74, 6) is 0. The summed E-state index contributed by atoms with van der Waals surface area (Å²) in [6.07, 6.45) is 5.72. The second-order valence-corrected chi connectivity index (χ2v) is 1.58. The van der Waals surface area contributed by atoms with Gasteiger partial charge < -0.3 is 5.43 Å². The third-order valence-electron chi connectivity index (χ3n) is 0.839. The van der Waals surface area contributed by atoms with Gasteiger partial charge in [0.25, 0.3) is 0 Å². The molecule has 0 amide bonds. The van der Waals surface area contributed by atoms with Gasteiger partial charge in [-0.1, -0.05) is 6.08 Å². The largest absolute Gasteiger partial charge is 0.303 e. The van der Waals surface area contributed by atoms with E-state index in [4.69, 9.17) is 0 Å². The van der Waals surface area contributed by atoms with Gasteiger partial charge in [-0.15, -0.1) is 0 Å². The molecule has 2 nitrogen and oxygen atoms in total. The summed E-state index contributed by atoms with van der Waals surface area (Å²) in [4.78, 5) is 0. The molecular weight excluding hydrogens is 88.1 g/mol. The van der Waals surface area contributed by atoms with Crippen molar-refractivity contribution in [3.8, 4) is 0 Å². The molecule has 1 unspecified atom stereocenters. The summed E-state index contributed by atoms with van der Waals surface area (Å²) in [7, 11) is 0. The summed E-state index contributed by atoms with van der Waals surface area (Å²) in [5.41, 5.74) is 2.86. The lowest BCUT2D eigenvalue weighted by Crippen LogP contribution is -2.19. The Labute approximate surface area is 42.9 Å². The lowest BCUT2D eigenvalue weighted by atomic mass is 10.3. The van der Waals surface area contributed by atoms with Crippen molar-refractivity contribution < 1.29 is 0 Å². The Morgan fingerprint density at radius 3 is 2.86 bits per heavy atom. The Morgan fingerprint density at radius 1 is 1.71 bits per heavy atom. The van der Waals surface area contributed by atoms with E-state index in [0.29, 0.717) is 6.04 Å². The van der Waals surface area contributed by atoms with Crippen LogP contribution in [-0.2, 0) is 0 Å². The number of hydrazone groups is 1. The number of rotatable bonds is 0. The number of nitrogens with zero attached hydrogens (tertiary/aromatic N) is 1. The maximum atomic E-state index is 3.80. The second-order valence-electron chi connectivity index (χ2n) is 1.58. The molecule has 0 aromatic heterocycles. The van der Waals surface area contributed by atoms with Crippen molar-refractivity contribution in [2.75, 3.05) is 0 Å². The molecule has 0 saturated carbocycles. The zero-order valence-corrected chi connectivity index (χ0v) is 4.26. The van der Waals surface area contributed by atoms with Crippen LogP contribution in [0.5, 0.6) is 0 Å². The van der Waals surface area contributed by atoms with Crippen molar-refractivity contribution in [3.63, 3.8) is 0 Å². The molecule has 0 bridgehead atoms. The highest BCUT2D eigenvalue weighted by Gasteiger charge is 1.91. The minimum Gasteiger partial charge on any atom is -0.303 e. The molecule has 1 rings (SSSR count). The van der Waals surface area contributed by atoms with Crippen LogP contribution < -0.4 is 5.43 Å². The highest BCUT2D eigenvalue weighted by molar-refractivity contribution is 5.71. The van der Waals surface area contributed by atoms with Crippen molar-refractivity contribution in [1.29, 1.82) is 0 Å². The fourth-order valence-corrected chi connectivity index (χ4v) is 0.463. The maximum absolute atomic E-state index is 3.80. The normalized spacial score (nSPS) is 27.3. The summed E-state index contributed by atoms with van der Waals surface area (Å²) >= 11 is 0. The van der Waals surface area contributed by atoms with E-state index in [9.17, 15) is 0 Å². The first-order valence-electron chi connectivity index (χ1n) is 2.35. The van der Waals surface area contributed by atoms with Crippen LogP contribution in [0.15, 0.2) is 17.3 Å². The smallest absolute Gasteiger partial charge is 0.0595 e. The van der Waals surface area contributed by atoms with Gasteiger partial charge in [-0.25, -0.2) is 0 Å². The fraction of sp³-hybridized carbons (Fsp3) is 0.400. The molecule has 0 spiro atoms. The SMILES string of the molecule is CC1C=CC=NN1. The van der Waals surface area contributed by atoms with Crippen LogP contribution in [-0.4, -0.2) is 12.3 Å². The van der Waals surface area contributed by atoms with Gasteiger partial charge in [-0.2, -0.15) is 5.10 Å². The quantitative estimate of drug-likeness (QED) is 0.467. The number of nitrogens with one attached hydrogen (secondary N) is 1. The van der Waals surface area contributed by atoms with E-state index >= 15 is 0 Å². The molecule has 1 N–H and O–H groups in total. The van der Waals surface area contributed by atoms with E-state index in [0.717, 1.165) is 0 Å². The third-order valence-corrected chi connectivity index (χ3v) is 0.839. The van der Waals surface area contributed by atoms with Gasteiger partial charge in [-0.05, 0) is 13.0 Å². The van der Waals surface area contributed by atoms with Crippen molar-refractivity contribution in [2.45, 2.75) is 13.0 Å². The molecule has 7 heavy (non-hydrogen) atoms. The average molecular weight is 96.1 g/mol. The molecular formula is C5H8N2. The number of hydrogen-bond acceptors (Lipinski definition) is 2. The first-order valence-corrected chi connectivity index (χ1v) is 2.35. The summed E-state index contributed by atoms with van der Waals surface area (Å²) in [6.45, 7) is 2.05. The van der Waals surface area contributed by atoms with Crippen molar-refractivity contribution in [2.24, 2.45) is 5.10 Å². The highest BCUT2D eigenvalue weighted by atomic mass is 15.3. The molecule has 0 aromatic carbocycles. The molecule has 0 radical (unpaired) electrons. The molecule has 0 aromatic rings. The number of allylic oxidation sites excluding steroid dienone is 1. The van der Waals surface area contributed by atoms with Gasteiger partial charge in [0.05, 0.1) is 6.04 Å². The Balaban J connectivity index is 2.49. The van der Waals surface area contributed by atoms with Gasteiger partial charge in [0.1, 0.15) is 0 Å². The molecule has 0 saturated heterocycles. The molecule has 0 aliphatic carbocycles. The van der Waals surface area contributed by atoms with E-state index < -0.39 is 0 Å². The Morgan fingerprint density at radius 2 is 2.57 bits per heavy atom. The second kappa shape index (κ2) is 1.78. The molecule has 1 atom stereocenters. The van der Waals surface area contributed by atoms with Crippen molar-refractivity contribution >= 4 is 6.21 Å². The monoisotopic (exact) mass is 96.1 g/mol. The lowest BCUT2D eigenvalue weighted by Gasteiger charge is -2.06. The van der Waals surface area contributed by atoms with E-state index in [1.807, 2.05) is 19.1 Å². The van der Waals surface area contributed by atoms with Crippen LogP contribution in [0.1, 0.15) is 6.92 Å². The van der Waals surface area contributed by atoms with Crippen LogP contribution in [0.3, 0.4) is 0 Å². The van der Waals surface area contributed by atoms with Crippen LogP contribution in [0, 0.1) is 0 Å². The summed E-state index contributed by atoms with van der Waals surface area (Å²) in [6, 6.07) is 0.407. The van der Waals surface area contributed by atoms with Gasteiger partial charge in [-0.3, -0.25) is 0 Å². The summed E-state index contributed by atoms with van der Waals surface area (Å²) in [5, 5.41) is 3.80. The number of hydrogen-bond donors (Lipinski definition) is 1. The molecule has 0 fully saturated rings. The van der Waals surface area contributed by atoms with Crippen LogP contribution in [0.2, 0.25) is 0 Å². The van der Waals surface area contributed by atoms with Crippen molar-refractivity contribution in [3.05, 3.63) is 12.2 Å². The van der Waals surface area contributed by atoms with E-state index in [1.165, 1.54) is 0 Å². The van der Waals surface area contributed by atoms with Crippen molar-refractivity contribution in [1.82, 2.24) is 5.43 Å². The first-order chi connectivity index (χ1) is 3.39. The minimum atomic E-state index is 0.407. The Bertz CT molecular complexity index is 105. The third kappa shape index (κ3) is 1.03. The van der Waals surface area contributed by atoms with E-state index in [2.05, 4.69) is 10.5 Å². The van der Waals surface area contributed by atoms with Crippen LogP contribution in [0.4, 0.5) is 0 Å². The zero-order chi connectivity index (χ0) is 5.11. The molecule has 1 aliphatic rings. The average Bonchev–Trinajstić information content (AvgIpc) is 1.69. The predicted octanol–water partition coefficient (Wildman–Crippen LogP) is 0.520. The molecule has 38 valence electrons. The minimum absolute atomic E-state index is 0.407. The Kier molecular flexibility index (Phi) is 1.11. The first kappa shape index (κ1) is 4.37. The maximum Gasteiger partial charge on any atom is 0.0595 e. The predicted molar refractivity (Wildman–Crippen MR) is 30.2 cm³/mol. The van der Waals surface area contributed by atoms with E-state index in [1.54, 1.807) is 6.21 Å². The van der Waals surface area contributed by atoms with Gasteiger partial charge in [0.2, 0.25) is 0 Å².